The van der Waals surface area contributed by atoms with Gasteiger partial charge in [0.2, 0.25) is 0 Å². The Morgan fingerprint density at radius 3 is 2.33 bits per heavy atom. The number of carbonyl (C=O) groups excluding carboxylic acids is 2. The number of benzene rings is 1. The summed E-state index contributed by atoms with van der Waals surface area (Å²) in [5.41, 5.74) is 1.22. The quantitative estimate of drug-likeness (QED) is 0.463. The molecule has 4 rings (SSSR count). The van der Waals surface area contributed by atoms with Crippen molar-refractivity contribution in [1.29, 1.82) is 0 Å². The summed E-state index contributed by atoms with van der Waals surface area (Å²) in [6, 6.07) is 7.78. The van der Waals surface area contributed by atoms with Crippen molar-refractivity contribution in [3.05, 3.63) is 59.4 Å². The van der Waals surface area contributed by atoms with Gasteiger partial charge in [-0.3, -0.25) is 14.6 Å². The molecule has 1 atom stereocenters. The average Bonchev–Trinajstić information content (AvgIpc) is 3.40. The van der Waals surface area contributed by atoms with Crippen molar-refractivity contribution < 1.29 is 24.2 Å². The molecule has 1 aromatic heterocycles. The lowest BCUT2D eigenvalue weighted by atomic mass is 9.95. The molecule has 1 aliphatic carbocycles. The molecule has 1 saturated carbocycles. The van der Waals surface area contributed by atoms with Crippen LogP contribution < -0.4 is 9.47 Å². The van der Waals surface area contributed by atoms with E-state index in [0.29, 0.717) is 17.1 Å². The van der Waals surface area contributed by atoms with Gasteiger partial charge in [-0.2, -0.15) is 0 Å². The number of aromatic nitrogens is 1. The Labute approximate surface area is 174 Å². The van der Waals surface area contributed by atoms with Crippen molar-refractivity contribution >= 4 is 17.4 Å². The number of methoxy groups -OCH3 is 2. The van der Waals surface area contributed by atoms with Crippen LogP contribution in [0.1, 0.15) is 42.9 Å². The molecular formula is C23H24N2O5. The fraction of sp³-hybridized carbons (Fsp3) is 0.348. The number of ketones is 1. The summed E-state index contributed by atoms with van der Waals surface area (Å²) in [7, 11) is 3.02. The number of hydrogen-bond acceptors (Lipinski definition) is 6. The van der Waals surface area contributed by atoms with Gasteiger partial charge in [-0.15, -0.1) is 0 Å². The van der Waals surface area contributed by atoms with Crippen molar-refractivity contribution in [2.24, 2.45) is 0 Å². The summed E-state index contributed by atoms with van der Waals surface area (Å²) in [6.07, 6.45) is 7.00. The zero-order valence-corrected chi connectivity index (χ0v) is 17.0. The van der Waals surface area contributed by atoms with Crippen LogP contribution in [0, 0.1) is 0 Å². The van der Waals surface area contributed by atoms with Gasteiger partial charge in [0.15, 0.2) is 11.5 Å². The lowest BCUT2D eigenvalue weighted by Gasteiger charge is -2.30. The summed E-state index contributed by atoms with van der Waals surface area (Å²) in [4.78, 5) is 31.8. The van der Waals surface area contributed by atoms with Crippen molar-refractivity contribution in [3.8, 4) is 11.5 Å². The van der Waals surface area contributed by atoms with Crippen LogP contribution in [-0.2, 0) is 9.59 Å². The first kappa shape index (κ1) is 19.9. The van der Waals surface area contributed by atoms with E-state index in [-0.39, 0.29) is 17.4 Å². The minimum Gasteiger partial charge on any atom is -0.507 e. The van der Waals surface area contributed by atoms with E-state index < -0.39 is 17.7 Å². The van der Waals surface area contributed by atoms with Crippen molar-refractivity contribution in [2.75, 3.05) is 14.2 Å². The molecule has 1 aliphatic heterocycles. The van der Waals surface area contributed by atoms with Crippen molar-refractivity contribution in [2.45, 2.75) is 37.8 Å². The normalized spacial score (nSPS) is 21.3. The largest absolute Gasteiger partial charge is 0.507 e. The second-order valence-corrected chi connectivity index (χ2v) is 7.49. The molecule has 2 fully saturated rings. The third kappa shape index (κ3) is 3.30. The summed E-state index contributed by atoms with van der Waals surface area (Å²) >= 11 is 0. The summed E-state index contributed by atoms with van der Waals surface area (Å²) < 4.78 is 10.6. The lowest BCUT2D eigenvalue weighted by Crippen LogP contribution is -2.37. The molecule has 156 valence electrons. The predicted molar refractivity (Wildman–Crippen MR) is 110 cm³/mol. The number of carbonyl (C=O) groups is 2. The maximum absolute atomic E-state index is 13.1. The van der Waals surface area contributed by atoms with Crippen LogP contribution in [0.2, 0.25) is 0 Å². The number of nitrogens with zero attached hydrogens (tertiary/aromatic N) is 2. The zero-order chi connectivity index (χ0) is 21.3. The number of likely N-dealkylation sites (tertiary alicyclic amines) is 1. The molecule has 30 heavy (non-hydrogen) atoms. The first-order valence-corrected chi connectivity index (χ1v) is 9.99. The van der Waals surface area contributed by atoms with Crippen molar-refractivity contribution in [3.63, 3.8) is 0 Å². The third-order valence-electron chi connectivity index (χ3n) is 5.88. The Morgan fingerprint density at radius 1 is 1.03 bits per heavy atom. The number of pyridine rings is 1. The van der Waals surface area contributed by atoms with Gasteiger partial charge in [-0.25, -0.2) is 0 Å². The molecule has 1 saturated heterocycles. The molecular weight excluding hydrogens is 384 g/mol. The first-order chi connectivity index (χ1) is 14.6. The molecule has 1 unspecified atom stereocenters. The molecule has 0 radical (unpaired) electrons. The molecule has 1 aromatic carbocycles. The molecule has 7 heteroatoms. The van der Waals surface area contributed by atoms with Gasteiger partial charge in [-0.1, -0.05) is 12.8 Å². The third-order valence-corrected chi connectivity index (χ3v) is 5.88. The number of rotatable bonds is 5. The number of hydrogen-bond donors (Lipinski definition) is 1. The number of ether oxygens (including phenoxy) is 2. The highest BCUT2D eigenvalue weighted by atomic mass is 16.5. The summed E-state index contributed by atoms with van der Waals surface area (Å²) in [5.74, 6) is -0.531. The summed E-state index contributed by atoms with van der Waals surface area (Å²) in [6.45, 7) is 0. The SMILES string of the molecule is COc1ccc(/C(O)=C2/C(=O)C(=O)N(C3CCCC3)C2c2ccncc2)cc1OC. The first-order valence-electron chi connectivity index (χ1n) is 9.99. The van der Waals surface area contributed by atoms with Gasteiger partial charge in [0.25, 0.3) is 11.7 Å². The highest BCUT2D eigenvalue weighted by Crippen LogP contribution is 2.43. The second kappa shape index (κ2) is 8.18. The zero-order valence-electron chi connectivity index (χ0n) is 17.0. The van der Waals surface area contributed by atoms with Crippen LogP contribution in [0.3, 0.4) is 0 Å². The Kier molecular flexibility index (Phi) is 5.44. The Bertz CT molecular complexity index is 996. The van der Waals surface area contributed by atoms with E-state index in [4.69, 9.17) is 9.47 Å². The topological polar surface area (TPSA) is 89.0 Å². The standard InChI is InChI=1S/C23H24N2O5/c1-29-17-8-7-15(13-18(17)30-2)21(26)19-20(14-9-11-24-12-10-14)25(23(28)22(19)27)16-5-3-4-6-16/h7-13,16,20,26H,3-6H2,1-2H3/b21-19-. The Balaban J connectivity index is 1.87. The highest BCUT2D eigenvalue weighted by molar-refractivity contribution is 6.46. The molecule has 2 heterocycles. The van der Waals surface area contributed by atoms with Crippen LogP contribution >= 0.6 is 0 Å². The van der Waals surface area contributed by atoms with Gasteiger partial charge in [-0.05, 0) is 48.7 Å². The van der Waals surface area contributed by atoms with Crippen LogP contribution in [0.4, 0.5) is 0 Å². The van der Waals surface area contributed by atoms with Crippen LogP contribution in [0.5, 0.6) is 11.5 Å². The molecule has 0 spiro atoms. The predicted octanol–water partition coefficient (Wildman–Crippen LogP) is 3.46. The minimum absolute atomic E-state index is 0.0182. The van der Waals surface area contributed by atoms with E-state index in [1.54, 1.807) is 47.6 Å². The number of amides is 1. The second-order valence-electron chi connectivity index (χ2n) is 7.49. The Morgan fingerprint density at radius 2 is 1.70 bits per heavy atom. The number of Topliss-reactive ketones (excluding diaryl/α,β-unsaturated/α-hetero) is 1. The number of aliphatic hydroxyl groups is 1. The van der Waals surface area contributed by atoms with Gasteiger partial charge in [0.1, 0.15) is 5.76 Å². The molecule has 7 nitrogen and oxygen atoms in total. The van der Waals surface area contributed by atoms with E-state index >= 15 is 0 Å². The fourth-order valence-corrected chi connectivity index (χ4v) is 4.42. The van der Waals surface area contributed by atoms with Gasteiger partial charge in [0.05, 0.1) is 25.8 Å². The molecule has 2 aromatic rings. The summed E-state index contributed by atoms with van der Waals surface area (Å²) in [5, 5.41) is 11.2. The van der Waals surface area contributed by atoms with Gasteiger partial charge < -0.3 is 19.5 Å². The van der Waals surface area contributed by atoms with E-state index in [0.717, 1.165) is 31.2 Å². The van der Waals surface area contributed by atoms with E-state index in [2.05, 4.69) is 4.98 Å². The van der Waals surface area contributed by atoms with Crippen LogP contribution in [0.25, 0.3) is 5.76 Å². The number of aliphatic hydroxyl groups excluding tert-OH is 1. The molecule has 0 bridgehead atoms. The van der Waals surface area contributed by atoms with E-state index in [9.17, 15) is 14.7 Å². The highest BCUT2D eigenvalue weighted by Gasteiger charge is 2.49. The maximum atomic E-state index is 13.1. The average molecular weight is 408 g/mol. The Hall–Kier alpha value is -3.35. The van der Waals surface area contributed by atoms with Crippen molar-refractivity contribution in [1.82, 2.24) is 9.88 Å². The van der Waals surface area contributed by atoms with Crippen LogP contribution in [-0.4, -0.2) is 46.9 Å². The van der Waals surface area contributed by atoms with E-state index in [1.807, 2.05) is 0 Å². The molecule has 1 N–H and O–H groups in total. The minimum atomic E-state index is -0.670. The monoisotopic (exact) mass is 408 g/mol. The lowest BCUT2D eigenvalue weighted by molar-refractivity contribution is -0.141. The maximum Gasteiger partial charge on any atom is 0.295 e. The van der Waals surface area contributed by atoms with Gasteiger partial charge >= 0.3 is 0 Å². The van der Waals surface area contributed by atoms with E-state index in [1.165, 1.54) is 14.2 Å². The molecule has 1 amide bonds. The van der Waals surface area contributed by atoms with Gasteiger partial charge in [0, 0.05) is 24.0 Å². The fourth-order valence-electron chi connectivity index (χ4n) is 4.42. The molecule has 2 aliphatic rings. The van der Waals surface area contributed by atoms with Crippen LogP contribution in [0.15, 0.2) is 48.3 Å². The smallest absolute Gasteiger partial charge is 0.295 e.